The van der Waals surface area contributed by atoms with E-state index in [1.54, 1.807) is 24.0 Å². The van der Waals surface area contributed by atoms with Gasteiger partial charge >= 0.3 is 11.5 Å². The molecule has 0 bridgehead atoms. The van der Waals surface area contributed by atoms with Crippen LogP contribution in [0.3, 0.4) is 0 Å². The van der Waals surface area contributed by atoms with Crippen molar-refractivity contribution in [3.8, 4) is 0 Å². The van der Waals surface area contributed by atoms with Crippen molar-refractivity contribution in [1.29, 1.82) is 0 Å². The Hall–Kier alpha value is -3.12. The van der Waals surface area contributed by atoms with Gasteiger partial charge in [0.2, 0.25) is 0 Å². The molecule has 2 aliphatic heterocycles. The van der Waals surface area contributed by atoms with Crippen molar-refractivity contribution >= 4 is 35.3 Å². The number of morpholine rings is 1. The van der Waals surface area contributed by atoms with Crippen molar-refractivity contribution < 1.29 is 32.3 Å². The first-order valence-electron chi connectivity index (χ1n) is 10.5. The third kappa shape index (κ3) is 5.17. The second-order valence-electron chi connectivity index (χ2n) is 7.76. The number of halogens is 3. The molecule has 1 aromatic heterocycles. The lowest BCUT2D eigenvalue weighted by Crippen LogP contribution is -2.41. The van der Waals surface area contributed by atoms with Crippen molar-refractivity contribution in [2.45, 2.75) is 29.9 Å². The van der Waals surface area contributed by atoms with Gasteiger partial charge in [-0.25, -0.2) is 9.69 Å². The maximum absolute atomic E-state index is 13.1. The number of benzene rings is 1. The third-order valence-electron chi connectivity index (χ3n) is 5.51. The molecule has 2 saturated heterocycles. The summed E-state index contributed by atoms with van der Waals surface area (Å²) < 4.78 is 43.0. The number of amides is 4. The van der Waals surface area contributed by atoms with Crippen molar-refractivity contribution in [3.63, 3.8) is 0 Å². The van der Waals surface area contributed by atoms with E-state index in [1.165, 1.54) is 35.4 Å². The Balaban J connectivity index is 1.49. The fourth-order valence-electron chi connectivity index (χ4n) is 3.76. The molecule has 8 nitrogen and oxygen atoms in total. The fourth-order valence-corrected chi connectivity index (χ4v) is 4.30. The van der Waals surface area contributed by atoms with Crippen LogP contribution in [0, 0.1) is 0 Å². The summed E-state index contributed by atoms with van der Waals surface area (Å²) >= 11 is -0.272. The monoisotopic (exact) mass is 494 g/mol. The summed E-state index contributed by atoms with van der Waals surface area (Å²) in [6, 6.07) is 6.93. The molecule has 0 saturated carbocycles. The van der Waals surface area contributed by atoms with E-state index in [-0.39, 0.29) is 40.5 Å². The van der Waals surface area contributed by atoms with Crippen LogP contribution in [-0.4, -0.2) is 70.5 Å². The van der Waals surface area contributed by atoms with E-state index in [0.717, 1.165) is 4.90 Å². The summed E-state index contributed by atoms with van der Waals surface area (Å²) in [5.74, 6) is -0.722. The maximum atomic E-state index is 13.1. The largest absolute Gasteiger partial charge is 0.446 e. The van der Waals surface area contributed by atoms with Gasteiger partial charge in [-0.15, -0.1) is 0 Å². The van der Waals surface area contributed by atoms with Gasteiger partial charge in [0.05, 0.1) is 18.9 Å². The molecule has 3 heterocycles. The average Bonchev–Trinajstić information content (AvgIpc) is 3.02. The first-order chi connectivity index (χ1) is 16.1. The predicted octanol–water partition coefficient (Wildman–Crippen LogP) is 3.52. The number of pyridine rings is 1. The van der Waals surface area contributed by atoms with Gasteiger partial charge in [0, 0.05) is 30.7 Å². The van der Waals surface area contributed by atoms with E-state index in [1.807, 2.05) is 0 Å². The lowest BCUT2D eigenvalue weighted by molar-refractivity contribution is -0.119. The molecule has 2 fully saturated rings. The topological polar surface area (TPSA) is 83.1 Å². The summed E-state index contributed by atoms with van der Waals surface area (Å²) in [5, 5.41) is 0. The highest BCUT2D eigenvalue weighted by Crippen LogP contribution is 2.38. The molecule has 4 amide bonds. The molecular formula is C22H21F3N4O4S. The third-order valence-corrected chi connectivity index (χ3v) is 6.24. The first kappa shape index (κ1) is 24.0. The van der Waals surface area contributed by atoms with Crippen molar-refractivity contribution in [3.05, 3.63) is 53.9 Å². The number of carbonyl (C=O) groups is 3. The SMILES string of the molecule is CC1C(=O)N(c2ccc(SC(F)(F)F)cc2)C(=O)N1Cc1ccnc(C(=O)N2CCOCC2)c1. The molecule has 0 aliphatic carbocycles. The zero-order valence-electron chi connectivity index (χ0n) is 18.1. The van der Waals surface area contributed by atoms with Crippen molar-refractivity contribution in [1.82, 2.24) is 14.8 Å². The van der Waals surface area contributed by atoms with Crippen LogP contribution in [0.4, 0.5) is 23.7 Å². The molecule has 1 aromatic carbocycles. The Morgan fingerprint density at radius 1 is 1.15 bits per heavy atom. The van der Waals surface area contributed by atoms with Crippen LogP contribution in [-0.2, 0) is 16.1 Å². The highest BCUT2D eigenvalue weighted by molar-refractivity contribution is 8.00. The lowest BCUT2D eigenvalue weighted by atomic mass is 10.2. The van der Waals surface area contributed by atoms with E-state index >= 15 is 0 Å². The van der Waals surface area contributed by atoms with Gasteiger partial charge in [0.1, 0.15) is 11.7 Å². The second kappa shape index (κ2) is 9.63. The van der Waals surface area contributed by atoms with Crippen LogP contribution >= 0.6 is 11.8 Å². The van der Waals surface area contributed by atoms with Crippen LogP contribution in [0.1, 0.15) is 23.0 Å². The number of carbonyl (C=O) groups excluding carboxylic acids is 3. The van der Waals surface area contributed by atoms with Gasteiger partial charge in [0.25, 0.3) is 11.8 Å². The molecule has 34 heavy (non-hydrogen) atoms. The van der Waals surface area contributed by atoms with Crippen LogP contribution in [0.25, 0.3) is 0 Å². The van der Waals surface area contributed by atoms with Crippen LogP contribution in [0.5, 0.6) is 0 Å². The molecule has 0 N–H and O–H groups in total. The van der Waals surface area contributed by atoms with Gasteiger partial charge in [0.15, 0.2) is 0 Å². The number of alkyl halides is 3. The van der Waals surface area contributed by atoms with Gasteiger partial charge in [-0.3, -0.25) is 14.6 Å². The quantitative estimate of drug-likeness (QED) is 0.467. The first-order valence-corrected chi connectivity index (χ1v) is 11.3. The summed E-state index contributed by atoms with van der Waals surface area (Å²) in [4.78, 5) is 46.6. The van der Waals surface area contributed by atoms with Gasteiger partial charge in [-0.1, -0.05) is 0 Å². The van der Waals surface area contributed by atoms with Crippen LogP contribution < -0.4 is 4.90 Å². The molecule has 0 radical (unpaired) electrons. The molecular weight excluding hydrogens is 473 g/mol. The summed E-state index contributed by atoms with van der Waals surface area (Å²) in [6.07, 6.45) is 1.48. The van der Waals surface area contributed by atoms with Gasteiger partial charge in [-0.05, 0) is 60.6 Å². The molecule has 180 valence electrons. The van der Waals surface area contributed by atoms with E-state index in [4.69, 9.17) is 4.74 Å². The van der Waals surface area contributed by atoms with Crippen molar-refractivity contribution in [2.75, 3.05) is 31.2 Å². The average molecular weight is 494 g/mol. The molecule has 1 atom stereocenters. The molecule has 1 unspecified atom stereocenters. The van der Waals surface area contributed by atoms with E-state index in [9.17, 15) is 27.6 Å². The minimum atomic E-state index is -4.43. The number of aromatic nitrogens is 1. The number of urea groups is 1. The highest BCUT2D eigenvalue weighted by atomic mass is 32.2. The fraction of sp³-hybridized carbons (Fsp3) is 0.364. The number of rotatable bonds is 5. The number of hydrogen-bond acceptors (Lipinski definition) is 6. The van der Waals surface area contributed by atoms with Crippen LogP contribution in [0.15, 0.2) is 47.5 Å². The predicted molar refractivity (Wildman–Crippen MR) is 117 cm³/mol. The van der Waals surface area contributed by atoms with Crippen LogP contribution in [0.2, 0.25) is 0 Å². The Morgan fingerprint density at radius 3 is 2.47 bits per heavy atom. The second-order valence-corrected chi connectivity index (χ2v) is 8.89. The number of nitrogens with zero attached hydrogens (tertiary/aromatic N) is 4. The summed E-state index contributed by atoms with van der Waals surface area (Å²) in [7, 11) is 0. The highest BCUT2D eigenvalue weighted by Gasteiger charge is 2.43. The zero-order chi connectivity index (χ0) is 24.5. The van der Waals surface area contributed by atoms with E-state index in [0.29, 0.717) is 31.9 Å². The number of imide groups is 1. The standard InChI is InChI=1S/C22H21F3N4O4S/c1-14-19(30)29(16-2-4-17(5-3-16)34-22(23,24)25)21(32)28(14)13-15-6-7-26-18(12-15)20(31)27-8-10-33-11-9-27/h2-7,12,14H,8-11,13H2,1H3. The minimum Gasteiger partial charge on any atom is -0.378 e. The Bertz CT molecular complexity index is 1090. The number of thioether (sulfide) groups is 1. The zero-order valence-corrected chi connectivity index (χ0v) is 18.9. The summed E-state index contributed by atoms with van der Waals surface area (Å²) in [6.45, 7) is 3.50. The number of hydrogen-bond donors (Lipinski definition) is 0. The van der Waals surface area contributed by atoms with E-state index < -0.39 is 23.5 Å². The number of ether oxygens (including phenoxy) is 1. The molecule has 2 aromatic rings. The Morgan fingerprint density at radius 2 is 1.82 bits per heavy atom. The minimum absolute atomic E-state index is 0.0468. The smallest absolute Gasteiger partial charge is 0.378 e. The number of anilines is 1. The van der Waals surface area contributed by atoms with Gasteiger partial charge in [-0.2, -0.15) is 13.2 Å². The van der Waals surface area contributed by atoms with E-state index in [2.05, 4.69) is 4.98 Å². The molecule has 2 aliphatic rings. The molecule has 0 spiro atoms. The lowest BCUT2D eigenvalue weighted by Gasteiger charge is -2.26. The molecule has 12 heteroatoms. The van der Waals surface area contributed by atoms with Crippen molar-refractivity contribution in [2.24, 2.45) is 0 Å². The normalized spacial score (nSPS) is 19.2. The van der Waals surface area contributed by atoms with Gasteiger partial charge < -0.3 is 14.5 Å². The maximum Gasteiger partial charge on any atom is 0.446 e. The Kier molecular flexibility index (Phi) is 6.80. The summed E-state index contributed by atoms with van der Waals surface area (Å²) in [5.41, 5.74) is -3.38. The molecule has 4 rings (SSSR count). The Labute approximate surface area is 197 Å².